The lowest BCUT2D eigenvalue weighted by molar-refractivity contribution is -0.139. The van der Waals surface area contributed by atoms with Gasteiger partial charge in [-0.05, 0) is 29.2 Å². The van der Waals surface area contributed by atoms with Crippen molar-refractivity contribution in [2.45, 2.75) is 24.9 Å². The summed E-state index contributed by atoms with van der Waals surface area (Å²) in [5, 5.41) is 18.9. The van der Waals surface area contributed by atoms with Gasteiger partial charge in [-0.3, -0.25) is 4.79 Å². The molecule has 2 aliphatic rings. The van der Waals surface area contributed by atoms with Crippen molar-refractivity contribution < 1.29 is 24.2 Å². The first-order valence-corrected chi connectivity index (χ1v) is 11.0. The average Bonchev–Trinajstić information content (AvgIpc) is 3.40. The monoisotopic (exact) mass is 461 g/mol. The van der Waals surface area contributed by atoms with E-state index in [0.29, 0.717) is 13.1 Å². The highest BCUT2D eigenvalue weighted by Crippen LogP contribution is 2.44. The zero-order valence-corrected chi connectivity index (χ0v) is 18.4. The number of hydrogen-bond donors (Lipinski definition) is 2. The SMILES string of the molecule is C[C@@H](NC(=O)OCC1c2ccccc2-c2ccccc21)C(=O)N1CC(n2cc(C(=O)O)nn2)C1. The van der Waals surface area contributed by atoms with Crippen LogP contribution in [0.3, 0.4) is 0 Å². The first kappa shape index (κ1) is 21.6. The number of carboxylic acids is 1. The fourth-order valence-electron chi connectivity index (χ4n) is 4.51. The number of amides is 2. The molecule has 3 aromatic rings. The van der Waals surface area contributed by atoms with E-state index in [1.165, 1.54) is 10.9 Å². The van der Waals surface area contributed by atoms with Crippen molar-refractivity contribution in [3.8, 4) is 11.1 Å². The number of alkyl carbamates (subject to hydrolysis) is 1. The number of nitrogens with one attached hydrogen (secondary N) is 1. The molecule has 34 heavy (non-hydrogen) atoms. The summed E-state index contributed by atoms with van der Waals surface area (Å²) in [6.45, 7) is 2.50. The van der Waals surface area contributed by atoms with Gasteiger partial charge in [-0.2, -0.15) is 0 Å². The highest BCUT2D eigenvalue weighted by atomic mass is 16.5. The van der Waals surface area contributed by atoms with Crippen LogP contribution in [0.4, 0.5) is 4.79 Å². The summed E-state index contributed by atoms with van der Waals surface area (Å²) in [5.41, 5.74) is 4.38. The molecule has 0 unspecified atom stereocenters. The van der Waals surface area contributed by atoms with Crippen LogP contribution in [-0.2, 0) is 9.53 Å². The van der Waals surface area contributed by atoms with Gasteiger partial charge >= 0.3 is 12.1 Å². The van der Waals surface area contributed by atoms with Crippen LogP contribution in [0.5, 0.6) is 0 Å². The molecule has 2 amide bonds. The molecule has 174 valence electrons. The molecular weight excluding hydrogens is 438 g/mol. The number of ether oxygens (including phenoxy) is 1. The number of benzene rings is 2. The van der Waals surface area contributed by atoms with Crippen molar-refractivity contribution in [1.82, 2.24) is 25.2 Å². The van der Waals surface area contributed by atoms with Crippen LogP contribution in [0.1, 0.15) is 40.5 Å². The van der Waals surface area contributed by atoms with Gasteiger partial charge in [0.2, 0.25) is 5.91 Å². The summed E-state index contributed by atoms with van der Waals surface area (Å²) in [6, 6.07) is 15.2. The quantitative estimate of drug-likeness (QED) is 0.577. The predicted molar refractivity (Wildman–Crippen MR) is 120 cm³/mol. The molecule has 1 fully saturated rings. The molecule has 0 bridgehead atoms. The molecular formula is C24H23N5O5. The van der Waals surface area contributed by atoms with Gasteiger partial charge in [-0.25, -0.2) is 14.3 Å². The minimum atomic E-state index is -1.15. The Bertz CT molecular complexity index is 1220. The van der Waals surface area contributed by atoms with Gasteiger partial charge in [0, 0.05) is 19.0 Å². The van der Waals surface area contributed by atoms with Gasteiger partial charge in [-0.1, -0.05) is 53.7 Å². The number of nitrogens with zero attached hydrogens (tertiary/aromatic N) is 4. The van der Waals surface area contributed by atoms with Crippen LogP contribution < -0.4 is 5.32 Å². The minimum Gasteiger partial charge on any atom is -0.476 e. The Morgan fingerprint density at radius 2 is 1.71 bits per heavy atom. The number of hydrogen-bond acceptors (Lipinski definition) is 6. The van der Waals surface area contributed by atoms with Crippen molar-refractivity contribution >= 4 is 18.0 Å². The van der Waals surface area contributed by atoms with Gasteiger partial charge < -0.3 is 20.1 Å². The number of carbonyl (C=O) groups is 3. The maximum absolute atomic E-state index is 12.7. The van der Waals surface area contributed by atoms with Crippen molar-refractivity contribution in [2.24, 2.45) is 0 Å². The molecule has 10 heteroatoms. The maximum Gasteiger partial charge on any atom is 0.407 e. The second kappa shape index (κ2) is 8.62. The van der Waals surface area contributed by atoms with Crippen LogP contribution in [0.2, 0.25) is 0 Å². The summed E-state index contributed by atoms with van der Waals surface area (Å²) < 4.78 is 6.95. The Balaban J connectivity index is 1.14. The summed E-state index contributed by atoms with van der Waals surface area (Å²) in [5.74, 6) is -1.46. The van der Waals surface area contributed by atoms with Crippen LogP contribution in [0.25, 0.3) is 11.1 Å². The van der Waals surface area contributed by atoms with E-state index in [1.54, 1.807) is 11.8 Å². The Hall–Kier alpha value is -4.21. The number of carboxylic acid groups (broad SMARTS) is 1. The lowest BCUT2D eigenvalue weighted by Crippen LogP contribution is -2.56. The third-order valence-corrected chi connectivity index (χ3v) is 6.33. The van der Waals surface area contributed by atoms with E-state index >= 15 is 0 Å². The molecule has 5 rings (SSSR count). The minimum absolute atomic E-state index is 0.0568. The van der Waals surface area contributed by atoms with Crippen LogP contribution >= 0.6 is 0 Å². The molecule has 0 radical (unpaired) electrons. The second-order valence-electron chi connectivity index (χ2n) is 8.48. The van der Waals surface area contributed by atoms with Crippen molar-refractivity contribution in [1.29, 1.82) is 0 Å². The summed E-state index contributed by atoms with van der Waals surface area (Å²) >= 11 is 0. The summed E-state index contributed by atoms with van der Waals surface area (Å²) in [4.78, 5) is 37.6. The Morgan fingerprint density at radius 3 is 2.29 bits per heavy atom. The standard InChI is InChI=1S/C24H23N5O5/c1-14(22(30)28-10-15(11-28)29-12-21(23(31)32)26-27-29)25-24(33)34-13-20-18-8-4-2-6-16(18)17-7-3-5-9-19(17)20/h2-9,12,14-15,20H,10-11,13H2,1H3,(H,25,33)(H,31,32)/t14-/m1/s1. The van der Waals surface area contributed by atoms with Gasteiger partial charge in [0.25, 0.3) is 0 Å². The Morgan fingerprint density at radius 1 is 1.09 bits per heavy atom. The summed E-state index contributed by atoms with van der Waals surface area (Å²) in [7, 11) is 0. The van der Waals surface area contributed by atoms with E-state index in [2.05, 4.69) is 27.8 Å². The number of aromatic nitrogens is 3. The molecule has 2 N–H and O–H groups in total. The Kier molecular flexibility index (Phi) is 5.48. The van der Waals surface area contributed by atoms with Crippen molar-refractivity contribution in [2.75, 3.05) is 19.7 Å². The first-order valence-electron chi connectivity index (χ1n) is 11.0. The van der Waals surface area contributed by atoms with Gasteiger partial charge in [-0.15, -0.1) is 5.10 Å². The largest absolute Gasteiger partial charge is 0.476 e. The van der Waals surface area contributed by atoms with E-state index in [0.717, 1.165) is 22.3 Å². The molecule has 2 heterocycles. The number of rotatable bonds is 6. The lowest BCUT2D eigenvalue weighted by Gasteiger charge is -2.40. The van der Waals surface area contributed by atoms with E-state index in [4.69, 9.17) is 9.84 Å². The van der Waals surface area contributed by atoms with Gasteiger partial charge in [0.15, 0.2) is 5.69 Å². The molecule has 1 aliphatic heterocycles. The maximum atomic E-state index is 12.7. The highest BCUT2D eigenvalue weighted by Gasteiger charge is 2.36. The average molecular weight is 461 g/mol. The zero-order chi connectivity index (χ0) is 23.8. The molecule has 2 aromatic carbocycles. The topological polar surface area (TPSA) is 127 Å². The molecule has 1 aliphatic carbocycles. The normalized spacial score (nSPS) is 15.7. The lowest BCUT2D eigenvalue weighted by atomic mass is 9.98. The highest BCUT2D eigenvalue weighted by molar-refractivity contribution is 5.86. The molecule has 10 nitrogen and oxygen atoms in total. The van der Waals surface area contributed by atoms with Gasteiger partial charge in [0.1, 0.15) is 12.6 Å². The molecule has 1 aromatic heterocycles. The smallest absolute Gasteiger partial charge is 0.407 e. The number of likely N-dealkylation sites (tertiary alicyclic amines) is 1. The zero-order valence-electron chi connectivity index (χ0n) is 18.4. The van der Waals surface area contributed by atoms with Crippen molar-refractivity contribution in [3.05, 3.63) is 71.5 Å². The molecule has 1 atom stereocenters. The predicted octanol–water partition coefficient (Wildman–Crippen LogP) is 2.29. The van der Waals surface area contributed by atoms with Crippen LogP contribution in [0, 0.1) is 0 Å². The molecule has 0 saturated carbocycles. The number of carbonyl (C=O) groups excluding carboxylic acids is 2. The fraction of sp³-hybridized carbons (Fsp3) is 0.292. The third kappa shape index (κ3) is 3.87. The first-order chi connectivity index (χ1) is 16.4. The van der Waals surface area contributed by atoms with E-state index in [-0.39, 0.29) is 30.2 Å². The van der Waals surface area contributed by atoms with E-state index < -0.39 is 18.1 Å². The molecule has 1 saturated heterocycles. The molecule has 0 spiro atoms. The Labute approximate surface area is 195 Å². The van der Waals surface area contributed by atoms with Crippen LogP contribution in [0.15, 0.2) is 54.7 Å². The number of fused-ring (bicyclic) bond motifs is 3. The fourth-order valence-corrected chi connectivity index (χ4v) is 4.51. The number of aromatic carboxylic acids is 1. The van der Waals surface area contributed by atoms with Crippen LogP contribution in [-0.4, -0.2) is 68.7 Å². The summed E-state index contributed by atoms with van der Waals surface area (Å²) in [6.07, 6.45) is 0.690. The van der Waals surface area contributed by atoms with Crippen molar-refractivity contribution in [3.63, 3.8) is 0 Å². The van der Waals surface area contributed by atoms with E-state index in [9.17, 15) is 14.4 Å². The third-order valence-electron chi connectivity index (χ3n) is 6.33. The van der Waals surface area contributed by atoms with E-state index in [1.807, 2.05) is 36.4 Å². The second-order valence-corrected chi connectivity index (χ2v) is 8.48. The van der Waals surface area contributed by atoms with Gasteiger partial charge in [0.05, 0.1) is 12.2 Å².